The van der Waals surface area contributed by atoms with Crippen molar-refractivity contribution in [3.63, 3.8) is 0 Å². The van der Waals surface area contributed by atoms with E-state index < -0.39 is 5.56 Å². The van der Waals surface area contributed by atoms with Crippen molar-refractivity contribution in [3.05, 3.63) is 82.8 Å². The van der Waals surface area contributed by atoms with Crippen LogP contribution in [0.2, 0.25) is 0 Å². The molecule has 0 aliphatic carbocycles. The Labute approximate surface area is 187 Å². The number of thioether (sulfide) groups is 1. The van der Waals surface area contributed by atoms with Crippen molar-refractivity contribution in [2.24, 2.45) is 0 Å². The summed E-state index contributed by atoms with van der Waals surface area (Å²) in [4.78, 5) is 17.9. The van der Waals surface area contributed by atoms with Crippen molar-refractivity contribution in [2.45, 2.75) is 12.1 Å². The fourth-order valence-corrected chi connectivity index (χ4v) is 4.18. The van der Waals surface area contributed by atoms with Crippen LogP contribution in [0, 0.1) is 11.3 Å². The van der Waals surface area contributed by atoms with Crippen LogP contribution in [-0.2, 0) is 0 Å². The minimum atomic E-state index is -0.455. The Hall–Kier alpha value is -4.16. The number of benzene rings is 2. The van der Waals surface area contributed by atoms with Gasteiger partial charge < -0.3 is 0 Å². The molecule has 0 spiro atoms. The van der Waals surface area contributed by atoms with Crippen molar-refractivity contribution >= 4 is 17.5 Å². The predicted molar refractivity (Wildman–Crippen MR) is 123 cm³/mol. The average Bonchev–Trinajstić information content (AvgIpc) is 3.45. The third kappa shape index (κ3) is 3.27. The van der Waals surface area contributed by atoms with Crippen LogP contribution in [-0.4, -0.2) is 35.1 Å². The second-order valence-electron chi connectivity index (χ2n) is 6.89. The third-order valence-corrected chi connectivity index (χ3v) is 5.77. The van der Waals surface area contributed by atoms with Gasteiger partial charge in [0.05, 0.1) is 5.69 Å². The molecule has 0 amide bonds. The first-order valence-electron chi connectivity index (χ1n) is 9.96. The molecule has 0 aliphatic rings. The maximum absolute atomic E-state index is 13.2. The first kappa shape index (κ1) is 19.8. The van der Waals surface area contributed by atoms with Crippen LogP contribution in [0.5, 0.6) is 0 Å². The van der Waals surface area contributed by atoms with Crippen LogP contribution in [0.25, 0.3) is 34.0 Å². The Bertz CT molecular complexity index is 1510. The topological polar surface area (TPSA) is 105 Å². The van der Waals surface area contributed by atoms with Crippen LogP contribution in [0.4, 0.5) is 0 Å². The minimum absolute atomic E-state index is 0.0494. The van der Waals surface area contributed by atoms with Gasteiger partial charge in [0.2, 0.25) is 5.78 Å². The zero-order valence-corrected chi connectivity index (χ0v) is 17.9. The van der Waals surface area contributed by atoms with Crippen LogP contribution < -0.4 is 5.56 Å². The van der Waals surface area contributed by atoms with E-state index in [0.717, 1.165) is 17.0 Å². The molecule has 1 N–H and O–H groups in total. The number of H-pyrrole nitrogens is 1. The van der Waals surface area contributed by atoms with Crippen LogP contribution in [0.3, 0.4) is 0 Å². The number of hydrogen-bond acceptors (Lipinski definition) is 6. The number of nitrogens with zero attached hydrogens (tertiary/aromatic N) is 6. The Morgan fingerprint density at radius 2 is 1.78 bits per heavy atom. The summed E-state index contributed by atoms with van der Waals surface area (Å²) in [6.07, 6.45) is 1.80. The minimum Gasteiger partial charge on any atom is -0.267 e. The Kier molecular flexibility index (Phi) is 5.05. The molecule has 0 saturated heterocycles. The van der Waals surface area contributed by atoms with Gasteiger partial charge in [-0.05, 0) is 17.9 Å². The molecule has 0 saturated carbocycles. The molecule has 156 valence electrons. The quantitative estimate of drug-likeness (QED) is 0.416. The summed E-state index contributed by atoms with van der Waals surface area (Å²) in [6.45, 7) is 1.97. The van der Waals surface area contributed by atoms with Crippen LogP contribution >= 0.6 is 11.8 Å². The fourth-order valence-electron chi connectivity index (χ4n) is 3.51. The summed E-state index contributed by atoms with van der Waals surface area (Å²) in [7, 11) is 0. The molecule has 32 heavy (non-hydrogen) atoms. The second-order valence-corrected chi connectivity index (χ2v) is 8.12. The lowest BCUT2D eigenvalue weighted by Gasteiger charge is -2.05. The van der Waals surface area contributed by atoms with E-state index in [9.17, 15) is 10.1 Å². The Balaban J connectivity index is 1.80. The molecule has 0 radical (unpaired) electrons. The summed E-state index contributed by atoms with van der Waals surface area (Å²) in [5.41, 5.74) is 2.70. The number of hydrogen-bond donors (Lipinski definition) is 1. The van der Waals surface area contributed by atoms with Crippen molar-refractivity contribution in [1.29, 1.82) is 5.26 Å². The van der Waals surface area contributed by atoms with Crippen LogP contribution in [0.15, 0.2) is 76.8 Å². The second kappa shape index (κ2) is 8.17. The lowest BCUT2D eigenvalue weighted by atomic mass is 10.0. The molecule has 0 atom stereocenters. The summed E-state index contributed by atoms with van der Waals surface area (Å²) in [5.74, 6) is 1.02. The SMILES string of the molecule is CCSc1n[nH]c2nc(-c3cn(-c4ccccc4)nc3-c3ccccc3)c(C#N)c(=O)n12. The van der Waals surface area contributed by atoms with E-state index >= 15 is 0 Å². The summed E-state index contributed by atoms with van der Waals surface area (Å²) in [6, 6.07) is 21.3. The standard InChI is InChI=1S/C23H17N7OS/c1-2-32-23-27-26-22-25-20(17(13-24)21(31)30(22)23)18-14-29(16-11-7-4-8-12-16)28-19(18)15-9-5-3-6-10-15/h3-12,14H,2H2,1H3,(H,25,26). The molecular weight excluding hydrogens is 422 g/mol. The first-order chi connectivity index (χ1) is 15.7. The van der Waals surface area contributed by atoms with Crippen molar-refractivity contribution in [2.75, 3.05) is 5.75 Å². The molecule has 0 aliphatic heterocycles. The van der Waals surface area contributed by atoms with Crippen molar-refractivity contribution in [3.8, 4) is 34.3 Å². The highest BCUT2D eigenvalue weighted by Gasteiger charge is 2.23. The van der Waals surface area contributed by atoms with Gasteiger partial charge >= 0.3 is 0 Å². The number of nitrogens with one attached hydrogen (secondary N) is 1. The molecule has 0 fully saturated rings. The number of fused-ring (bicyclic) bond motifs is 1. The van der Waals surface area contributed by atoms with Gasteiger partial charge in [-0.1, -0.05) is 67.2 Å². The zero-order chi connectivity index (χ0) is 22.1. The molecule has 9 heteroatoms. The Morgan fingerprint density at radius 1 is 1.06 bits per heavy atom. The molecule has 5 aromatic rings. The zero-order valence-electron chi connectivity index (χ0n) is 17.1. The van der Waals surface area contributed by atoms with Gasteiger partial charge in [0.15, 0.2) is 5.16 Å². The number of para-hydroxylation sites is 1. The van der Waals surface area contributed by atoms with Crippen LogP contribution in [0.1, 0.15) is 12.5 Å². The van der Waals surface area contributed by atoms with E-state index in [1.54, 1.807) is 10.9 Å². The molecule has 0 unspecified atom stereocenters. The number of nitriles is 1. The monoisotopic (exact) mass is 439 g/mol. The van der Waals surface area contributed by atoms with E-state index in [-0.39, 0.29) is 17.0 Å². The van der Waals surface area contributed by atoms with Gasteiger partial charge in [-0.2, -0.15) is 10.4 Å². The molecule has 5 rings (SSSR count). The predicted octanol–water partition coefficient (Wildman–Crippen LogP) is 3.92. The highest BCUT2D eigenvalue weighted by molar-refractivity contribution is 7.99. The summed E-state index contributed by atoms with van der Waals surface area (Å²) >= 11 is 1.40. The summed E-state index contributed by atoms with van der Waals surface area (Å²) < 4.78 is 3.08. The van der Waals surface area contributed by atoms with Crippen molar-refractivity contribution in [1.82, 2.24) is 29.4 Å². The van der Waals surface area contributed by atoms with E-state index in [0.29, 0.717) is 16.4 Å². The van der Waals surface area contributed by atoms with Gasteiger partial charge in [0.1, 0.15) is 23.0 Å². The fraction of sp³-hybridized carbons (Fsp3) is 0.0870. The number of rotatable bonds is 5. The largest absolute Gasteiger partial charge is 0.279 e. The highest BCUT2D eigenvalue weighted by atomic mass is 32.2. The van der Waals surface area contributed by atoms with E-state index in [4.69, 9.17) is 5.10 Å². The normalized spacial score (nSPS) is 11.0. The van der Waals surface area contributed by atoms with Gasteiger partial charge in [0.25, 0.3) is 5.56 Å². The maximum atomic E-state index is 13.2. The lowest BCUT2D eigenvalue weighted by molar-refractivity contribution is 0.884. The highest BCUT2D eigenvalue weighted by Crippen LogP contribution is 2.32. The molecular formula is C23H17N7OS. The number of aromatic nitrogens is 6. The van der Waals surface area contributed by atoms with Gasteiger partial charge in [-0.25, -0.2) is 19.2 Å². The van der Waals surface area contributed by atoms with Gasteiger partial charge in [0, 0.05) is 17.3 Å². The molecule has 8 nitrogen and oxygen atoms in total. The molecule has 2 aromatic carbocycles. The molecule has 0 bridgehead atoms. The number of aromatic amines is 1. The molecule has 3 heterocycles. The van der Waals surface area contributed by atoms with E-state index in [1.165, 1.54) is 16.2 Å². The summed E-state index contributed by atoms with van der Waals surface area (Å²) in [5, 5.41) is 22.2. The van der Waals surface area contributed by atoms with Crippen molar-refractivity contribution < 1.29 is 0 Å². The first-order valence-corrected chi connectivity index (χ1v) is 10.9. The van der Waals surface area contributed by atoms with Gasteiger partial charge in [-0.15, -0.1) is 5.10 Å². The van der Waals surface area contributed by atoms with E-state index in [2.05, 4.69) is 21.3 Å². The average molecular weight is 440 g/mol. The lowest BCUT2D eigenvalue weighted by Crippen LogP contribution is -2.19. The van der Waals surface area contributed by atoms with Gasteiger partial charge in [-0.3, -0.25) is 4.79 Å². The third-order valence-electron chi connectivity index (χ3n) is 4.95. The molecule has 3 aromatic heterocycles. The smallest absolute Gasteiger partial charge is 0.267 e. The maximum Gasteiger partial charge on any atom is 0.279 e. The van der Waals surface area contributed by atoms with E-state index in [1.807, 2.05) is 67.6 Å². The Morgan fingerprint density at radius 3 is 2.47 bits per heavy atom.